The van der Waals surface area contributed by atoms with Crippen LogP contribution in [0.1, 0.15) is 44.6 Å². The standard InChI is InChI=1S/C18H25N3/c1-12-4-3-5-16-17(15(10-20-16)14-6-7-14)18(12)21-9-8-19-13(2)11-21/h4-5,10,13-14,19-20H,3,6-9,11H2,1-2H3/t13-/m1/s1. The SMILES string of the molecule is CC1=CCC=c2[nH]cc(C3CC3)c2=C1N1CCN[C@H](C)C1. The van der Waals surface area contributed by atoms with E-state index < -0.39 is 0 Å². The molecule has 0 bridgehead atoms. The second-order valence-corrected chi connectivity index (χ2v) is 6.78. The van der Waals surface area contributed by atoms with Gasteiger partial charge in [-0.05, 0) is 50.2 Å². The van der Waals surface area contributed by atoms with E-state index in [2.05, 4.69) is 47.4 Å². The van der Waals surface area contributed by atoms with Crippen LogP contribution in [0.4, 0.5) is 0 Å². The lowest BCUT2D eigenvalue weighted by Gasteiger charge is -2.35. The summed E-state index contributed by atoms with van der Waals surface area (Å²) in [6.07, 6.45) is 10.8. The zero-order chi connectivity index (χ0) is 14.4. The molecule has 1 saturated carbocycles. The molecule has 3 nitrogen and oxygen atoms in total. The number of hydrogen-bond donors (Lipinski definition) is 2. The number of allylic oxidation sites excluding steroid dienone is 1. The van der Waals surface area contributed by atoms with Gasteiger partial charge in [-0.3, -0.25) is 0 Å². The minimum atomic E-state index is 0.568. The first-order chi connectivity index (χ1) is 10.2. The van der Waals surface area contributed by atoms with E-state index in [9.17, 15) is 0 Å². The van der Waals surface area contributed by atoms with Crippen molar-refractivity contribution in [1.82, 2.24) is 15.2 Å². The topological polar surface area (TPSA) is 31.1 Å². The summed E-state index contributed by atoms with van der Waals surface area (Å²) < 4.78 is 0. The van der Waals surface area contributed by atoms with E-state index in [1.807, 2.05) is 0 Å². The van der Waals surface area contributed by atoms with E-state index in [-0.39, 0.29) is 0 Å². The molecule has 1 saturated heterocycles. The molecule has 1 aromatic rings. The van der Waals surface area contributed by atoms with Gasteiger partial charge in [0.15, 0.2) is 0 Å². The fourth-order valence-electron chi connectivity index (χ4n) is 3.79. The molecule has 4 rings (SSSR count). The van der Waals surface area contributed by atoms with E-state index in [4.69, 9.17) is 0 Å². The maximum Gasteiger partial charge on any atom is 0.0491 e. The van der Waals surface area contributed by atoms with Gasteiger partial charge in [0.2, 0.25) is 0 Å². The molecule has 1 aromatic heterocycles. The van der Waals surface area contributed by atoms with E-state index in [0.29, 0.717) is 6.04 Å². The van der Waals surface area contributed by atoms with Crippen molar-refractivity contribution >= 4 is 11.8 Å². The third kappa shape index (κ3) is 2.34. The number of H-pyrrole nitrogens is 1. The van der Waals surface area contributed by atoms with Gasteiger partial charge in [0.05, 0.1) is 0 Å². The molecule has 2 fully saturated rings. The predicted octanol–water partition coefficient (Wildman–Crippen LogP) is 1.42. The Morgan fingerprint density at radius 1 is 1.24 bits per heavy atom. The number of aromatic nitrogens is 1. The lowest BCUT2D eigenvalue weighted by Crippen LogP contribution is -2.50. The van der Waals surface area contributed by atoms with Gasteiger partial charge in [-0.2, -0.15) is 0 Å². The summed E-state index contributed by atoms with van der Waals surface area (Å²) >= 11 is 0. The fourth-order valence-corrected chi connectivity index (χ4v) is 3.79. The summed E-state index contributed by atoms with van der Waals surface area (Å²) in [6.45, 7) is 7.87. The number of rotatable bonds is 2. The van der Waals surface area contributed by atoms with Gasteiger partial charge < -0.3 is 15.2 Å². The lowest BCUT2D eigenvalue weighted by atomic mass is 10.0. The van der Waals surface area contributed by atoms with Crippen LogP contribution in [0.25, 0.3) is 11.8 Å². The normalized spacial score (nSPS) is 26.0. The van der Waals surface area contributed by atoms with Crippen molar-refractivity contribution in [3.05, 3.63) is 34.0 Å². The molecule has 0 spiro atoms. The maximum atomic E-state index is 3.56. The number of aromatic amines is 1. The Kier molecular flexibility index (Phi) is 3.18. The zero-order valence-electron chi connectivity index (χ0n) is 13.1. The quantitative estimate of drug-likeness (QED) is 0.860. The molecule has 3 heteroatoms. The van der Waals surface area contributed by atoms with Gasteiger partial charge in [-0.1, -0.05) is 12.2 Å². The van der Waals surface area contributed by atoms with E-state index in [0.717, 1.165) is 32.0 Å². The number of nitrogens with zero attached hydrogens (tertiary/aromatic N) is 1. The first-order valence-electron chi connectivity index (χ1n) is 8.31. The molecule has 3 aliphatic rings. The number of piperazine rings is 1. The van der Waals surface area contributed by atoms with Crippen molar-refractivity contribution in [3.8, 4) is 0 Å². The molecule has 21 heavy (non-hydrogen) atoms. The Labute approximate surface area is 126 Å². The van der Waals surface area contributed by atoms with Crippen molar-refractivity contribution in [2.24, 2.45) is 0 Å². The highest BCUT2D eigenvalue weighted by Crippen LogP contribution is 2.38. The maximum absolute atomic E-state index is 3.56. The van der Waals surface area contributed by atoms with E-state index >= 15 is 0 Å². The second kappa shape index (κ2) is 5.06. The fraction of sp³-hybridized carbons (Fsp3) is 0.556. The van der Waals surface area contributed by atoms with Crippen LogP contribution in [-0.2, 0) is 0 Å². The average Bonchev–Trinajstić information content (AvgIpc) is 3.25. The zero-order valence-corrected chi connectivity index (χ0v) is 13.1. The summed E-state index contributed by atoms with van der Waals surface area (Å²) in [5, 5.41) is 6.40. The molecule has 0 unspecified atom stereocenters. The van der Waals surface area contributed by atoms with E-state index in [1.165, 1.54) is 34.7 Å². The average molecular weight is 283 g/mol. The van der Waals surface area contributed by atoms with Gasteiger partial charge in [-0.25, -0.2) is 0 Å². The van der Waals surface area contributed by atoms with Crippen LogP contribution in [0.3, 0.4) is 0 Å². The minimum absolute atomic E-state index is 0.568. The first-order valence-corrected chi connectivity index (χ1v) is 8.31. The van der Waals surface area contributed by atoms with Gasteiger partial charge in [0.25, 0.3) is 0 Å². The summed E-state index contributed by atoms with van der Waals surface area (Å²) in [6, 6.07) is 0.568. The van der Waals surface area contributed by atoms with Crippen LogP contribution < -0.4 is 15.9 Å². The Bertz CT molecular complexity index is 691. The number of nitrogens with one attached hydrogen (secondary N) is 2. The van der Waals surface area contributed by atoms with Gasteiger partial charge in [0, 0.05) is 48.1 Å². The smallest absolute Gasteiger partial charge is 0.0491 e. The van der Waals surface area contributed by atoms with Gasteiger partial charge >= 0.3 is 0 Å². The van der Waals surface area contributed by atoms with Crippen LogP contribution in [-0.4, -0.2) is 35.6 Å². The number of fused-ring (bicyclic) bond motifs is 1. The van der Waals surface area contributed by atoms with Crippen molar-refractivity contribution in [2.45, 2.75) is 45.1 Å². The molecule has 0 amide bonds. The van der Waals surface area contributed by atoms with Crippen molar-refractivity contribution in [1.29, 1.82) is 0 Å². The molecule has 2 N–H and O–H groups in total. The predicted molar refractivity (Wildman–Crippen MR) is 87.3 cm³/mol. The molecular weight excluding hydrogens is 258 g/mol. The Morgan fingerprint density at radius 3 is 2.86 bits per heavy atom. The molecule has 0 aromatic carbocycles. The Hall–Kier alpha value is -1.48. The van der Waals surface area contributed by atoms with E-state index in [1.54, 1.807) is 5.56 Å². The molecule has 1 atom stereocenters. The Balaban J connectivity index is 1.92. The van der Waals surface area contributed by atoms with Crippen molar-refractivity contribution in [3.63, 3.8) is 0 Å². The molecule has 1 aliphatic heterocycles. The van der Waals surface area contributed by atoms with Crippen molar-refractivity contribution < 1.29 is 0 Å². The lowest BCUT2D eigenvalue weighted by molar-refractivity contribution is 0.288. The number of hydrogen-bond acceptors (Lipinski definition) is 2. The third-order valence-electron chi connectivity index (χ3n) is 5.00. The van der Waals surface area contributed by atoms with Crippen LogP contribution in [0.15, 0.2) is 17.8 Å². The van der Waals surface area contributed by atoms with Crippen molar-refractivity contribution in [2.75, 3.05) is 19.6 Å². The van der Waals surface area contributed by atoms with Gasteiger partial charge in [0.1, 0.15) is 0 Å². The highest BCUT2D eigenvalue weighted by Gasteiger charge is 2.28. The highest BCUT2D eigenvalue weighted by molar-refractivity contribution is 5.65. The van der Waals surface area contributed by atoms with Gasteiger partial charge in [-0.15, -0.1) is 0 Å². The molecule has 112 valence electrons. The van der Waals surface area contributed by atoms with Crippen LogP contribution in [0, 0.1) is 0 Å². The summed E-state index contributed by atoms with van der Waals surface area (Å²) in [4.78, 5) is 6.14. The Morgan fingerprint density at radius 2 is 2.10 bits per heavy atom. The van der Waals surface area contributed by atoms with Crippen LogP contribution >= 0.6 is 0 Å². The third-order valence-corrected chi connectivity index (χ3v) is 5.00. The summed E-state index contributed by atoms with van der Waals surface area (Å²) in [5.41, 5.74) is 4.48. The minimum Gasteiger partial charge on any atom is -0.368 e. The second-order valence-electron chi connectivity index (χ2n) is 6.78. The molecular formula is C18H25N3. The molecule has 0 radical (unpaired) electrons. The monoisotopic (exact) mass is 283 g/mol. The molecule has 2 aliphatic carbocycles. The van der Waals surface area contributed by atoms with Crippen LogP contribution in [0.2, 0.25) is 0 Å². The summed E-state index contributed by atoms with van der Waals surface area (Å²) in [7, 11) is 0. The molecule has 2 heterocycles. The highest BCUT2D eigenvalue weighted by atomic mass is 15.2. The summed E-state index contributed by atoms with van der Waals surface area (Å²) in [5.74, 6) is 0.791. The van der Waals surface area contributed by atoms with Crippen LogP contribution in [0.5, 0.6) is 0 Å². The largest absolute Gasteiger partial charge is 0.368 e. The first kappa shape index (κ1) is 13.2.